The highest BCUT2D eigenvalue weighted by atomic mass is 127. The van der Waals surface area contributed by atoms with Crippen LogP contribution in [0.3, 0.4) is 0 Å². The summed E-state index contributed by atoms with van der Waals surface area (Å²) in [5.41, 5.74) is 24.2. The first-order valence-corrected chi connectivity index (χ1v) is 27.3. The molecule has 0 N–H and O–H groups in total. The molecule has 9 aromatic carbocycles. The van der Waals surface area contributed by atoms with Gasteiger partial charge < -0.3 is 19.6 Å². The Bertz CT molecular complexity index is 4020. The van der Waals surface area contributed by atoms with Crippen LogP contribution in [-0.4, -0.2) is 13.4 Å². The number of anilines is 12. The number of hydrogen-bond acceptors (Lipinski definition) is 7. The first-order valence-electron chi connectivity index (χ1n) is 23.8. The second-order valence-electron chi connectivity index (χ2n) is 19.0. The van der Waals surface area contributed by atoms with Crippen molar-refractivity contribution in [1.82, 2.24) is 0 Å². The van der Waals surface area contributed by atoms with Crippen molar-refractivity contribution < 1.29 is 0 Å². The van der Waals surface area contributed by atoms with E-state index in [9.17, 15) is 0 Å². The molecule has 68 heavy (non-hydrogen) atoms. The van der Waals surface area contributed by atoms with Gasteiger partial charge in [0.2, 0.25) is 0 Å². The van der Waals surface area contributed by atoms with Gasteiger partial charge in [0.25, 0.3) is 13.4 Å². The van der Waals surface area contributed by atoms with Crippen LogP contribution in [0.25, 0.3) is 21.5 Å². The summed E-state index contributed by atoms with van der Waals surface area (Å²) in [7, 11) is 0. The average Bonchev–Trinajstić information content (AvgIpc) is 3.72. The maximum absolute atomic E-state index is 2.77. The van der Waals surface area contributed by atoms with E-state index < -0.39 is 0 Å². The zero-order chi connectivity index (χ0) is 44.3. The van der Waals surface area contributed by atoms with Crippen LogP contribution in [0.15, 0.2) is 177 Å². The average molecular weight is 1030 g/mol. The van der Waals surface area contributed by atoms with Crippen molar-refractivity contribution in [2.45, 2.75) is 45.8 Å². The third-order valence-electron chi connectivity index (χ3n) is 15.8. The van der Waals surface area contributed by atoms with E-state index in [1.54, 1.807) is 0 Å². The third kappa shape index (κ3) is 4.51. The van der Waals surface area contributed by atoms with Gasteiger partial charge in [0, 0.05) is 47.2 Å². The molecule has 0 amide bonds. The van der Waals surface area contributed by atoms with E-state index in [2.05, 4.69) is 207 Å². The van der Waals surface area contributed by atoms with Crippen LogP contribution < -0.4 is 52.4 Å². The molecule has 0 aliphatic carbocycles. The predicted molar refractivity (Wildman–Crippen MR) is 301 cm³/mol. The number of aryl methyl sites for hydroxylation is 1. The lowest BCUT2D eigenvalue weighted by atomic mass is 9.30. The van der Waals surface area contributed by atoms with E-state index >= 15 is 0 Å². The molecule has 0 saturated carbocycles. The maximum Gasteiger partial charge on any atom is 0.252 e. The van der Waals surface area contributed by atoms with Gasteiger partial charge in [-0.3, -0.25) is 0 Å². The van der Waals surface area contributed by atoms with Crippen molar-refractivity contribution >= 4 is 193 Å². The van der Waals surface area contributed by atoms with Gasteiger partial charge in [-0.1, -0.05) is 146 Å². The molecule has 4 nitrogen and oxygen atoms in total. The number of nitrogens with zero attached hydrogens (tertiary/aromatic N) is 4. The predicted octanol–water partition coefficient (Wildman–Crippen LogP) is 13.4. The van der Waals surface area contributed by atoms with Crippen molar-refractivity contribution in [2.24, 2.45) is 0 Å². The lowest BCUT2D eigenvalue weighted by Gasteiger charge is -2.52. The van der Waals surface area contributed by atoms with Gasteiger partial charge in [0.05, 0.1) is 48.4 Å². The Morgan fingerprint density at radius 2 is 0.897 bits per heavy atom. The van der Waals surface area contributed by atoms with Crippen molar-refractivity contribution in [3.63, 3.8) is 0 Å². The second kappa shape index (κ2) is 13.4. The highest BCUT2D eigenvalue weighted by Gasteiger charge is 2.54. The standard InChI is InChI=1S/C58H35B2IN4S3/c1-2-3-24-47-54-55(58(61)68-47)65-44-23-13-21-42-49(44)60(38-30-32-15-5-7-17-34(32)57-53(38)63(42)40-19-9-11-26-46(40)67-57)36-28-27-35-50(51(36)65)64(54)43-22-12-20-41-48(43)59(35)37-29-31-14-4-6-16-33(31)56-52(37)62(41)39-18-8-10-25-45(39)66-56/h4-23,25-30H,2-3,24H2,1H3. The molecule has 0 unspecified atom stereocenters. The summed E-state index contributed by atoms with van der Waals surface area (Å²) >= 11 is 8.59. The first kappa shape index (κ1) is 37.9. The number of unbranched alkanes of at least 4 members (excludes halogenated alkanes) is 1. The number of rotatable bonds is 3. The van der Waals surface area contributed by atoms with Crippen LogP contribution in [0.5, 0.6) is 0 Å². The number of halogens is 1. The van der Waals surface area contributed by atoms with Gasteiger partial charge in [-0.25, -0.2) is 0 Å². The Kier molecular flexibility index (Phi) is 7.46. The zero-order valence-corrected chi connectivity index (χ0v) is 41.3. The number of para-hydroxylation sites is 2. The van der Waals surface area contributed by atoms with Crippen LogP contribution in [0.1, 0.15) is 24.6 Å². The fourth-order valence-electron chi connectivity index (χ4n) is 13.2. The lowest BCUT2D eigenvalue weighted by molar-refractivity contribution is 0.803. The smallest absolute Gasteiger partial charge is 0.252 e. The molecule has 0 bridgehead atoms. The topological polar surface area (TPSA) is 13.0 Å². The van der Waals surface area contributed by atoms with Gasteiger partial charge in [0.15, 0.2) is 0 Å². The fourth-order valence-corrected chi connectivity index (χ4v) is 18.0. The van der Waals surface area contributed by atoms with E-state index in [1.807, 2.05) is 34.9 Å². The molecule has 0 spiro atoms. The summed E-state index contributed by atoms with van der Waals surface area (Å²) in [6.07, 6.45) is 3.36. The van der Waals surface area contributed by atoms with Crippen LogP contribution in [0, 0.1) is 2.88 Å². The van der Waals surface area contributed by atoms with Crippen molar-refractivity contribution in [2.75, 3.05) is 19.6 Å². The zero-order valence-electron chi connectivity index (χ0n) is 36.7. The molecule has 0 atom stereocenters. The van der Waals surface area contributed by atoms with Gasteiger partial charge in [0.1, 0.15) is 0 Å². The molecule has 7 aliphatic rings. The number of thiophene rings is 1. The highest BCUT2D eigenvalue weighted by molar-refractivity contribution is 14.1. The summed E-state index contributed by atoms with van der Waals surface area (Å²) < 4.78 is 1.35. The van der Waals surface area contributed by atoms with Crippen molar-refractivity contribution in [1.29, 1.82) is 0 Å². The van der Waals surface area contributed by atoms with Gasteiger partial charge in [-0.05, 0) is 138 Å². The Morgan fingerprint density at radius 1 is 0.441 bits per heavy atom. The van der Waals surface area contributed by atoms with Gasteiger partial charge in [-0.15, -0.1) is 11.3 Å². The Balaban J connectivity index is 1.01. The van der Waals surface area contributed by atoms with Crippen LogP contribution >= 0.6 is 57.5 Å². The monoisotopic (exact) mass is 1030 g/mol. The molecule has 17 rings (SSSR count). The SMILES string of the molecule is CCCCc1sc(I)c2c1N1c3cccc4c3B(c3ccc5c(c31)N2c1cccc2c1B5c1cc3ccccc3c3c1N2c1ccccc1S3)c1cc2ccccc2c2c1N4c1ccccc1S2. The van der Waals surface area contributed by atoms with Crippen molar-refractivity contribution in [3.8, 4) is 0 Å². The largest absolute Gasteiger partial charge is 0.309 e. The first-order chi connectivity index (χ1) is 33.7. The molecule has 318 valence electrons. The Morgan fingerprint density at radius 3 is 1.43 bits per heavy atom. The quantitative estimate of drug-likeness (QED) is 0.128. The fraction of sp³-hybridized carbons (Fsp3) is 0.0690. The summed E-state index contributed by atoms with van der Waals surface area (Å²) in [6, 6.07) is 60.8. The van der Waals surface area contributed by atoms with Crippen molar-refractivity contribution in [3.05, 3.63) is 165 Å². The summed E-state index contributed by atoms with van der Waals surface area (Å²) in [5, 5.41) is 5.24. The Hall–Kier alpha value is -6.04. The van der Waals surface area contributed by atoms with Gasteiger partial charge in [-0.2, -0.15) is 0 Å². The second-order valence-corrected chi connectivity index (χ2v) is 24.1. The molecule has 7 aliphatic heterocycles. The normalized spacial score (nSPS) is 15.1. The molecule has 1 aromatic heterocycles. The highest BCUT2D eigenvalue weighted by Crippen LogP contribution is 2.63. The third-order valence-corrected chi connectivity index (χ3v) is 20.3. The molecular weight excluding hydrogens is 997 g/mol. The lowest BCUT2D eigenvalue weighted by Crippen LogP contribution is -2.65. The molecule has 10 aromatic rings. The minimum absolute atomic E-state index is 0.0355. The summed E-state index contributed by atoms with van der Waals surface area (Å²) in [4.78, 5) is 17.5. The number of benzene rings is 9. The van der Waals surface area contributed by atoms with E-state index in [0.717, 1.165) is 19.3 Å². The van der Waals surface area contributed by atoms with E-state index in [4.69, 9.17) is 0 Å². The maximum atomic E-state index is 2.77. The van der Waals surface area contributed by atoms with E-state index in [0.29, 0.717) is 0 Å². The minimum Gasteiger partial charge on any atom is -0.309 e. The van der Waals surface area contributed by atoms with E-state index in [1.165, 1.54) is 150 Å². The molecule has 0 saturated heterocycles. The molecular formula is C58H35B2IN4S3. The molecule has 10 heteroatoms. The summed E-state index contributed by atoms with van der Waals surface area (Å²) in [6.45, 7) is 2.40. The van der Waals surface area contributed by atoms with Crippen LogP contribution in [0.2, 0.25) is 0 Å². The van der Waals surface area contributed by atoms with E-state index in [-0.39, 0.29) is 13.4 Å². The minimum atomic E-state index is 0.0355. The van der Waals surface area contributed by atoms with Crippen LogP contribution in [0.4, 0.5) is 68.2 Å². The number of hydrogen-bond donors (Lipinski definition) is 0. The Labute approximate surface area is 420 Å². The molecule has 8 heterocycles. The molecule has 0 radical (unpaired) electrons. The number of fused-ring (bicyclic) bond motifs is 19. The summed E-state index contributed by atoms with van der Waals surface area (Å²) in [5.74, 6) is 0. The van der Waals surface area contributed by atoms with Gasteiger partial charge >= 0.3 is 0 Å². The van der Waals surface area contributed by atoms with Crippen LogP contribution in [-0.2, 0) is 6.42 Å². The molecule has 0 fully saturated rings.